The maximum atomic E-state index is 3.31. The fourth-order valence-corrected chi connectivity index (χ4v) is 1.80. The van der Waals surface area contributed by atoms with Gasteiger partial charge in [-0.2, -0.15) is 47.5 Å². The molecule has 2 aromatic rings. The predicted octanol–water partition coefficient (Wildman–Crippen LogP) is -1.93. The van der Waals surface area contributed by atoms with Crippen molar-refractivity contribution < 1.29 is 37.7 Å². The maximum Gasteiger partial charge on any atom is 1.00 e. The first-order chi connectivity index (χ1) is 8.20. The summed E-state index contributed by atoms with van der Waals surface area (Å²) in [4.78, 5) is 2.21. The van der Waals surface area contributed by atoms with Crippen LogP contribution in [0.5, 0.6) is 0 Å². The number of benzene rings is 2. The zero-order chi connectivity index (χ0) is 12.3. The third kappa shape index (κ3) is 4.79. The van der Waals surface area contributed by atoms with Gasteiger partial charge in [-0.05, 0) is 6.92 Å². The molecule has 0 fully saturated rings. The van der Waals surface area contributed by atoms with E-state index in [2.05, 4.69) is 62.1 Å². The normalized spacial score (nSPS) is 9.21. The van der Waals surface area contributed by atoms with Crippen LogP contribution < -0.4 is 42.6 Å². The Labute approximate surface area is 140 Å². The average molecular weight is 237 g/mol. The van der Waals surface area contributed by atoms with E-state index in [0.717, 1.165) is 17.9 Å². The molecular weight excluding hydrogens is 220 g/mol. The number of aryl methyl sites for hydroxylation is 2. The van der Waals surface area contributed by atoms with Crippen LogP contribution in [-0.4, -0.2) is 6.54 Å². The summed E-state index contributed by atoms with van der Waals surface area (Å²) in [5.74, 6) is 0. The van der Waals surface area contributed by atoms with Crippen LogP contribution in [0.3, 0.4) is 0 Å². The molecule has 0 aliphatic rings. The Balaban J connectivity index is 0.00000162. The summed E-state index contributed by atoms with van der Waals surface area (Å²) in [6, 6.07) is 19.1. The molecule has 3 heteroatoms. The number of hydrogen-bond acceptors (Lipinski definition) is 1. The van der Waals surface area contributed by atoms with Crippen molar-refractivity contribution >= 4 is 11.4 Å². The monoisotopic (exact) mass is 237 g/mol. The van der Waals surface area contributed by atoms with Gasteiger partial charge >= 0.3 is 37.7 Å². The van der Waals surface area contributed by atoms with Crippen LogP contribution >= 0.6 is 0 Å². The molecule has 0 saturated carbocycles. The Hall–Kier alpha value is -0.565. The van der Waals surface area contributed by atoms with Gasteiger partial charge in [0, 0.05) is 6.54 Å². The van der Waals surface area contributed by atoms with Gasteiger partial charge in [0.1, 0.15) is 0 Å². The maximum absolute atomic E-state index is 3.31. The first-order valence-corrected chi connectivity index (χ1v) is 5.95. The van der Waals surface area contributed by atoms with E-state index < -0.39 is 0 Å². The fourth-order valence-electron chi connectivity index (χ4n) is 1.80. The minimum Gasteiger partial charge on any atom is -0.388 e. The Morgan fingerprint density at radius 2 is 1.26 bits per heavy atom. The molecule has 0 heterocycles. The average Bonchev–Trinajstić information content (AvgIpc) is 2.35. The molecule has 1 nitrogen and oxygen atoms in total. The molecule has 0 atom stereocenters. The molecule has 0 aliphatic carbocycles. The van der Waals surface area contributed by atoms with E-state index in [-0.39, 0.29) is 37.7 Å². The largest absolute Gasteiger partial charge is 1.00 e. The van der Waals surface area contributed by atoms with Crippen molar-refractivity contribution in [2.24, 2.45) is 0 Å². The van der Waals surface area contributed by atoms with E-state index in [9.17, 15) is 0 Å². The van der Waals surface area contributed by atoms with E-state index >= 15 is 0 Å². The van der Waals surface area contributed by atoms with Crippen LogP contribution in [0.25, 0.3) is 0 Å². The van der Waals surface area contributed by atoms with Crippen molar-refractivity contribution in [3.8, 4) is 0 Å². The zero-order valence-corrected chi connectivity index (χ0v) is 12.6. The van der Waals surface area contributed by atoms with Crippen molar-refractivity contribution in [2.75, 3.05) is 11.4 Å². The summed E-state index contributed by atoms with van der Waals surface area (Å²) in [6.45, 7) is 7.21. The van der Waals surface area contributed by atoms with Gasteiger partial charge < -0.3 is 4.90 Å². The van der Waals surface area contributed by atoms with Gasteiger partial charge in [-0.1, -0.05) is 25.2 Å². The third-order valence-corrected chi connectivity index (χ3v) is 2.80. The molecule has 0 N–H and O–H groups in total. The van der Waals surface area contributed by atoms with Crippen LogP contribution in [0.2, 0.25) is 0 Å². The van der Waals surface area contributed by atoms with E-state index in [1.54, 1.807) is 0 Å². The summed E-state index contributed by atoms with van der Waals surface area (Å²) >= 11 is 0. The van der Waals surface area contributed by atoms with Gasteiger partial charge in [0.05, 0.1) is 0 Å². The van der Waals surface area contributed by atoms with Crippen molar-refractivity contribution in [2.45, 2.75) is 20.8 Å². The summed E-state index contributed by atoms with van der Waals surface area (Å²) in [5, 5.41) is 0. The molecule has 0 unspecified atom stereocenters. The van der Waals surface area contributed by atoms with Gasteiger partial charge in [-0.3, -0.25) is 0 Å². The van der Waals surface area contributed by atoms with Gasteiger partial charge in [0.2, 0.25) is 0 Å². The molecule has 2 rings (SSSR count). The second-order valence-electron chi connectivity index (χ2n) is 4.25. The van der Waals surface area contributed by atoms with Crippen LogP contribution in [0.15, 0.2) is 36.4 Å². The topological polar surface area (TPSA) is 3.24 Å². The molecule has 2 aromatic carbocycles. The Morgan fingerprint density at radius 3 is 1.53 bits per heavy atom. The van der Waals surface area contributed by atoms with Crippen LogP contribution in [-0.2, 0) is 0 Å². The standard InChI is InChI=1S/C16H17N.2Li/c1-4-17(15-9-5-13(2)6-10-15)16-11-7-14(3)8-12-16;;/h5-9,11H,4H2,1-3H3;;/q-2;2*+1. The predicted molar refractivity (Wildman–Crippen MR) is 72.7 cm³/mol. The van der Waals surface area contributed by atoms with Crippen LogP contribution in [0.1, 0.15) is 18.1 Å². The first-order valence-electron chi connectivity index (χ1n) is 5.95. The number of nitrogens with zero attached hydrogens (tertiary/aromatic N) is 1. The van der Waals surface area contributed by atoms with Crippen molar-refractivity contribution in [1.82, 2.24) is 0 Å². The third-order valence-electron chi connectivity index (χ3n) is 2.80. The molecule has 0 radical (unpaired) electrons. The van der Waals surface area contributed by atoms with Crippen LogP contribution in [0.4, 0.5) is 11.4 Å². The van der Waals surface area contributed by atoms with E-state index in [1.807, 2.05) is 12.1 Å². The molecule has 0 spiro atoms. The summed E-state index contributed by atoms with van der Waals surface area (Å²) in [7, 11) is 0. The van der Waals surface area contributed by atoms with E-state index in [1.165, 1.54) is 11.1 Å². The summed E-state index contributed by atoms with van der Waals surface area (Å²) < 4.78 is 0. The molecule has 0 aromatic heterocycles. The van der Waals surface area contributed by atoms with Crippen molar-refractivity contribution in [1.29, 1.82) is 0 Å². The molecule has 88 valence electrons. The summed E-state index contributed by atoms with van der Waals surface area (Å²) in [6.07, 6.45) is 0. The molecule has 0 bridgehead atoms. The summed E-state index contributed by atoms with van der Waals surface area (Å²) in [5.41, 5.74) is 4.66. The second-order valence-corrected chi connectivity index (χ2v) is 4.25. The smallest absolute Gasteiger partial charge is 0.388 e. The number of hydrogen-bond donors (Lipinski definition) is 0. The Bertz CT molecular complexity index is 432. The van der Waals surface area contributed by atoms with Gasteiger partial charge in [-0.25, -0.2) is 0 Å². The first kappa shape index (κ1) is 18.4. The van der Waals surface area contributed by atoms with Gasteiger partial charge in [0.15, 0.2) is 0 Å². The molecule has 19 heavy (non-hydrogen) atoms. The zero-order valence-electron chi connectivity index (χ0n) is 12.6. The van der Waals surface area contributed by atoms with Crippen molar-refractivity contribution in [3.63, 3.8) is 0 Å². The van der Waals surface area contributed by atoms with Crippen LogP contribution in [0, 0.1) is 26.0 Å². The molecular formula is C16H17Li2N. The fraction of sp³-hybridized carbons (Fsp3) is 0.250. The number of anilines is 2. The molecule has 0 aliphatic heterocycles. The minimum atomic E-state index is 0. The Morgan fingerprint density at radius 1 is 0.842 bits per heavy atom. The molecule has 0 amide bonds. The number of rotatable bonds is 3. The second kappa shape index (κ2) is 8.57. The van der Waals surface area contributed by atoms with Gasteiger partial charge in [0.25, 0.3) is 0 Å². The minimum absolute atomic E-state index is 0. The quantitative estimate of drug-likeness (QED) is 0.444. The van der Waals surface area contributed by atoms with Crippen molar-refractivity contribution in [3.05, 3.63) is 59.7 Å². The Kier molecular flexibility index (Phi) is 8.32. The van der Waals surface area contributed by atoms with Gasteiger partial charge in [-0.15, -0.1) is 12.1 Å². The van der Waals surface area contributed by atoms with E-state index in [4.69, 9.17) is 0 Å². The SMILES string of the molecule is CCN(c1[c-]cc(C)cc1)c1[c-]cc(C)cc1.[Li+].[Li+]. The van der Waals surface area contributed by atoms with E-state index in [0.29, 0.717) is 0 Å². The molecule has 0 saturated heterocycles.